The maximum atomic E-state index is 5.42. The molecule has 1 fully saturated rings. The van der Waals surface area contributed by atoms with Gasteiger partial charge in [-0.15, -0.1) is 0 Å². The number of hydrogen-bond acceptors (Lipinski definition) is 4. The molecule has 0 bridgehead atoms. The molecule has 5 heteroatoms. The van der Waals surface area contributed by atoms with Crippen molar-refractivity contribution in [2.24, 2.45) is 5.92 Å². The summed E-state index contributed by atoms with van der Waals surface area (Å²) >= 11 is 3.26. The van der Waals surface area contributed by atoms with Crippen LogP contribution in [0, 0.1) is 5.92 Å². The molecular formula is C9H11BrN2O2. The molecule has 1 unspecified atom stereocenters. The van der Waals surface area contributed by atoms with Crippen molar-refractivity contribution < 1.29 is 9.47 Å². The summed E-state index contributed by atoms with van der Waals surface area (Å²) in [6.45, 7) is 2.27. The van der Waals surface area contributed by atoms with Gasteiger partial charge in [0.25, 0.3) is 0 Å². The molecule has 0 aromatic carbocycles. The third kappa shape index (κ3) is 2.65. The van der Waals surface area contributed by atoms with E-state index in [-0.39, 0.29) is 0 Å². The van der Waals surface area contributed by atoms with Gasteiger partial charge in [0.15, 0.2) is 0 Å². The summed E-state index contributed by atoms with van der Waals surface area (Å²) in [7, 11) is 0. The molecule has 0 radical (unpaired) electrons. The molecule has 1 saturated heterocycles. The SMILES string of the molecule is Brc1cnc(OCC2CCOC2)nc1. The van der Waals surface area contributed by atoms with E-state index < -0.39 is 0 Å². The Hall–Kier alpha value is -0.680. The lowest BCUT2D eigenvalue weighted by Gasteiger charge is -2.07. The average Bonchev–Trinajstić information content (AvgIpc) is 2.70. The molecule has 0 spiro atoms. The van der Waals surface area contributed by atoms with Crippen LogP contribution in [0.15, 0.2) is 16.9 Å². The Morgan fingerprint density at radius 2 is 2.29 bits per heavy atom. The fourth-order valence-electron chi connectivity index (χ4n) is 1.28. The van der Waals surface area contributed by atoms with Crippen LogP contribution in [0.4, 0.5) is 0 Å². The van der Waals surface area contributed by atoms with Crippen molar-refractivity contribution in [3.63, 3.8) is 0 Å². The van der Waals surface area contributed by atoms with Gasteiger partial charge in [-0.1, -0.05) is 0 Å². The van der Waals surface area contributed by atoms with Crippen LogP contribution >= 0.6 is 15.9 Å². The minimum atomic E-state index is 0.431. The van der Waals surface area contributed by atoms with E-state index in [1.54, 1.807) is 12.4 Å². The Morgan fingerprint density at radius 3 is 2.93 bits per heavy atom. The summed E-state index contributed by atoms with van der Waals surface area (Å²) in [6.07, 6.45) is 4.41. The minimum Gasteiger partial charge on any atom is -0.463 e. The summed E-state index contributed by atoms with van der Waals surface area (Å²) < 4.78 is 11.5. The lowest BCUT2D eigenvalue weighted by atomic mass is 10.1. The highest BCUT2D eigenvalue weighted by atomic mass is 79.9. The summed E-state index contributed by atoms with van der Waals surface area (Å²) in [5, 5.41) is 0. The highest BCUT2D eigenvalue weighted by Gasteiger charge is 2.16. The van der Waals surface area contributed by atoms with E-state index in [2.05, 4.69) is 25.9 Å². The van der Waals surface area contributed by atoms with Crippen LogP contribution < -0.4 is 4.74 Å². The molecule has 2 heterocycles. The first-order valence-electron chi connectivity index (χ1n) is 4.52. The standard InChI is InChI=1S/C9H11BrN2O2/c10-8-3-11-9(12-4-8)14-6-7-1-2-13-5-7/h3-4,7H,1-2,5-6H2. The maximum Gasteiger partial charge on any atom is 0.316 e. The zero-order chi connectivity index (χ0) is 9.80. The van der Waals surface area contributed by atoms with Gasteiger partial charge in [-0.2, -0.15) is 0 Å². The van der Waals surface area contributed by atoms with Crippen LogP contribution in [-0.2, 0) is 4.74 Å². The topological polar surface area (TPSA) is 44.2 Å². The van der Waals surface area contributed by atoms with Crippen LogP contribution in [-0.4, -0.2) is 29.8 Å². The first-order chi connectivity index (χ1) is 6.84. The Kier molecular flexibility index (Phi) is 3.31. The van der Waals surface area contributed by atoms with Gasteiger partial charge in [0.05, 0.1) is 17.7 Å². The van der Waals surface area contributed by atoms with E-state index in [4.69, 9.17) is 9.47 Å². The number of nitrogens with zero attached hydrogens (tertiary/aromatic N) is 2. The summed E-state index contributed by atoms with van der Waals surface area (Å²) in [6, 6.07) is 0.431. The second-order valence-corrected chi connectivity index (χ2v) is 4.14. The Morgan fingerprint density at radius 1 is 1.50 bits per heavy atom. The number of halogens is 1. The maximum absolute atomic E-state index is 5.42. The van der Waals surface area contributed by atoms with E-state index in [0.29, 0.717) is 18.5 Å². The third-order valence-corrected chi connectivity index (χ3v) is 2.48. The van der Waals surface area contributed by atoms with Crippen molar-refractivity contribution in [2.75, 3.05) is 19.8 Å². The molecule has 1 aromatic heterocycles. The van der Waals surface area contributed by atoms with Crippen LogP contribution in [0.2, 0.25) is 0 Å². The molecule has 1 aromatic rings. The molecule has 0 saturated carbocycles. The zero-order valence-corrected chi connectivity index (χ0v) is 9.24. The number of rotatable bonds is 3. The molecule has 1 aliphatic heterocycles. The fourth-order valence-corrected chi connectivity index (χ4v) is 1.49. The number of hydrogen-bond donors (Lipinski definition) is 0. The highest BCUT2D eigenvalue weighted by molar-refractivity contribution is 9.10. The van der Waals surface area contributed by atoms with Gasteiger partial charge in [0.2, 0.25) is 0 Å². The molecule has 14 heavy (non-hydrogen) atoms. The van der Waals surface area contributed by atoms with E-state index in [1.165, 1.54) is 0 Å². The molecule has 0 N–H and O–H groups in total. The van der Waals surface area contributed by atoms with Crippen LogP contribution in [0.5, 0.6) is 6.01 Å². The van der Waals surface area contributed by atoms with Gasteiger partial charge in [-0.3, -0.25) is 0 Å². The summed E-state index contributed by atoms with van der Waals surface area (Å²) in [5.74, 6) is 0.488. The molecule has 0 amide bonds. The van der Waals surface area contributed by atoms with Gasteiger partial charge in [0, 0.05) is 24.9 Å². The van der Waals surface area contributed by atoms with Crippen LogP contribution in [0.25, 0.3) is 0 Å². The van der Waals surface area contributed by atoms with Crippen molar-refractivity contribution >= 4 is 15.9 Å². The van der Waals surface area contributed by atoms with Gasteiger partial charge < -0.3 is 9.47 Å². The first-order valence-corrected chi connectivity index (χ1v) is 5.32. The van der Waals surface area contributed by atoms with Crippen molar-refractivity contribution in [1.82, 2.24) is 9.97 Å². The molecule has 76 valence electrons. The molecular weight excluding hydrogens is 248 g/mol. The average molecular weight is 259 g/mol. The minimum absolute atomic E-state index is 0.431. The predicted molar refractivity (Wildman–Crippen MR) is 54.2 cm³/mol. The number of aromatic nitrogens is 2. The monoisotopic (exact) mass is 258 g/mol. The van der Waals surface area contributed by atoms with Gasteiger partial charge in [-0.25, -0.2) is 9.97 Å². The van der Waals surface area contributed by atoms with Crippen molar-refractivity contribution in [3.8, 4) is 6.01 Å². The smallest absolute Gasteiger partial charge is 0.316 e. The van der Waals surface area contributed by atoms with Crippen LogP contribution in [0.1, 0.15) is 6.42 Å². The molecule has 0 aliphatic carbocycles. The lowest BCUT2D eigenvalue weighted by Crippen LogP contribution is -2.12. The third-order valence-electron chi connectivity index (χ3n) is 2.07. The Labute approximate surface area is 90.8 Å². The van der Waals surface area contributed by atoms with Crippen molar-refractivity contribution in [3.05, 3.63) is 16.9 Å². The van der Waals surface area contributed by atoms with Gasteiger partial charge in [-0.05, 0) is 22.4 Å². The van der Waals surface area contributed by atoms with Crippen molar-refractivity contribution in [1.29, 1.82) is 0 Å². The first kappa shape index (κ1) is 9.86. The second-order valence-electron chi connectivity index (χ2n) is 3.22. The Balaban J connectivity index is 1.82. The molecule has 4 nitrogen and oxygen atoms in total. The Bertz CT molecular complexity index is 285. The largest absolute Gasteiger partial charge is 0.463 e. The predicted octanol–water partition coefficient (Wildman–Crippen LogP) is 1.65. The van der Waals surface area contributed by atoms with E-state index >= 15 is 0 Å². The highest BCUT2D eigenvalue weighted by Crippen LogP contribution is 2.14. The summed E-state index contributed by atoms with van der Waals surface area (Å²) in [4.78, 5) is 8.04. The quantitative estimate of drug-likeness (QED) is 0.828. The van der Waals surface area contributed by atoms with Gasteiger partial charge in [0.1, 0.15) is 0 Å². The van der Waals surface area contributed by atoms with Crippen molar-refractivity contribution in [2.45, 2.75) is 6.42 Å². The van der Waals surface area contributed by atoms with E-state index in [1.807, 2.05) is 0 Å². The molecule has 1 atom stereocenters. The second kappa shape index (κ2) is 4.70. The molecule has 1 aliphatic rings. The number of ether oxygens (including phenoxy) is 2. The normalized spacial score (nSPS) is 21.1. The van der Waals surface area contributed by atoms with Crippen LogP contribution in [0.3, 0.4) is 0 Å². The zero-order valence-electron chi connectivity index (χ0n) is 7.65. The fraction of sp³-hybridized carbons (Fsp3) is 0.556. The molecule has 2 rings (SSSR count). The van der Waals surface area contributed by atoms with E-state index in [0.717, 1.165) is 24.1 Å². The van der Waals surface area contributed by atoms with Gasteiger partial charge >= 0.3 is 6.01 Å². The summed E-state index contributed by atoms with van der Waals surface area (Å²) in [5.41, 5.74) is 0. The van der Waals surface area contributed by atoms with E-state index in [9.17, 15) is 0 Å². The lowest BCUT2D eigenvalue weighted by molar-refractivity contribution is 0.163.